The minimum atomic E-state index is -0.457. The van der Waals surface area contributed by atoms with Gasteiger partial charge in [-0.2, -0.15) is 0 Å². The molecule has 0 aromatic heterocycles. The van der Waals surface area contributed by atoms with Crippen LogP contribution in [0.15, 0.2) is 29.2 Å². The summed E-state index contributed by atoms with van der Waals surface area (Å²) in [4.78, 5) is 1.21. The number of hydrogen-bond donors (Lipinski definition) is 2. The number of aliphatic hydroxyl groups excluding tert-OH is 1. The standard InChI is InChI=1S/C13H21NO2S/c1-3-8-14-9-11(15)10-16-12-4-6-13(17-2)7-5-12/h4-7,11,14-15H,3,8-10H2,1-2H3/t11-/m0/s1. The molecule has 0 radical (unpaired) electrons. The molecule has 2 N–H and O–H groups in total. The number of rotatable bonds is 8. The molecule has 0 saturated carbocycles. The molecule has 4 heteroatoms. The van der Waals surface area contributed by atoms with Crippen molar-refractivity contribution in [2.24, 2.45) is 0 Å². The Labute approximate surface area is 108 Å². The van der Waals surface area contributed by atoms with E-state index in [0.29, 0.717) is 13.2 Å². The van der Waals surface area contributed by atoms with Crippen molar-refractivity contribution in [1.29, 1.82) is 0 Å². The van der Waals surface area contributed by atoms with Crippen LogP contribution in [0.25, 0.3) is 0 Å². The van der Waals surface area contributed by atoms with Gasteiger partial charge in [-0.3, -0.25) is 0 Å². The summed E-state index contributed by atoms with van der Waals surface area (Å²) in [6.45, 7) is 3.94. The molecule has 0 amide bonds. The van der Waals surface area contributed by atoms with Crippen molar-refractivity contribution >= 4 is 11.8 Å². The van der Waals surface area contributed by atoms with E-state index in [9.17, 15) is 5.11 Å². The first-order chi connectivity index (χ1) is 8.26. The average molecular weight is 255 g/mol. The van der Waals surface area contributed by atoms with Crippen LogP contribution in [0, 0.1) is 0 Å². The van der Waals surface area contributed by atoms with E-state index < -0.39 is 6.10 Å². The summed E-state index contributed by atoms with van der Waals surface area (Å²) in [5, 5.41) is 12.8. The zero-order chi connectivity index (χ0) is 12.5. The van der Waals surface area contributed by atoms with E-state index in [4.69, 9.17) is 4.74 Å². The zero-order valence-corrected chi connectivity index (χ0v) is 11.3. The summed E-state index contributed by atoms with van der Waals surface area (Å²) in [5.74, 6) is 0.803. The van der Waals surface area contributed by atoms with Gasteiger partial charge in [-0.1, -0.05) is 6.92 Å². The van der Waals surface area contributed by atoms with Crippen LogP contribution in [0.4, 0.5) is 0 Å². The maximum absolute atomic E-state index is 9.65. The SMILES string of the molecule is CCCNC[C@H](O)COc1ccc(SC)cc1. The quantitative estimate of drug-likeness (QED) is 0.552. The number of nitrogens with one attached hydrogen (secondary N) is 1. The molecular formula is C13H21NO2S. The fourth-order valence-corrected chi connectivity index (χ4v) is 1.78. The molecule has 17 heavy (non-hydrogen) atoms. The van der Waals surface area contributed by atoms with Crippen LogP contribution in [0.2, 0.25) is 0 Å². The van der Waals surface area contributed by atoms with E-state index >= 15 is 0 Å². The molecule has 0 heterocycles. The van der Waals surface area contributed by atoms with Gasteiger partial charge in [-0.15, -0.1) is 11.8 Å². The molecule has 1 rings (SSSR count). The molecule has 0 aliphatic heterocycles. The Balaban J connectivity index is 2.24. The average Bonchev–Trinajstić information content (AvgIpc) is 2.37. The van der Waals surface area contributed by atoms with E-state index in [-0.39, 0.29) is 0 Å². The van der Waals surface area contributed by atoms with Crippen LogP contribution in [-0.2, 0) is 0 Å². The van der Waals surface area contributed by atoms with Gasteiger partial charge in [-0.05, 0) is 43.5 Å². The molecule has 3 nitrogen and oxygen atoms in total. The summed E-state index contributed by atoms with van der Waals surface area (Å²) >= 11 is 1.70. The molecule has 0 spiro atoms. The lowest BCUT2D eigenvalue weighted by molar-refractivity contribution is 0.106. The molecular weight excluding hydrogens is 234 g/mol. The Morgan fingerprint density at radius 3 is 2.65 bits per heavy atom. The molecule has 96 valence electrons. The Morgan fingerprint density at radius 1 is 1.35 bits per heavy atom. The van der Waals surface area contributed by atoms with E-state index in [1.54, 1.807) is 11.8 Å². The van der Waals surface area contributed by atoms with Gasteiger partial charge in [0.1, 0.15) is 18.5 Å². The van der Waals surface area contributed by atoms with Crippen molar-refractivity contribution in [3.8, 4) is 5.75 Å². The normalized spacial score (nSPS) is 12.4. The van der Waals surface area contributed by atoms with Gasteiger partial charge in [0.05, 0.1) is 0 Å². The van der Waals surface area contributed by atoms with Crippen LogP contribution >= 0.6 is 11.8 Å². The maximum atomic E-state index is 9.65. The Bertz CT molecular complexity index is 303. The van der Waals surface area contributed by atoms with Gasteiger partial charge in [0.15, 0.2) is 0 Å². The van der Waals surface area contributed by atoms with Crippen molar-refractivity contribution in [2.45, 2.75) is 24.3 Å². The van der Waals surface area contributed by atoms with Crippen LogP contribution < -0.4 is 10.1 Å². The van der Waals surface area contributed by atoms with Crippen LogP contribution in [0.1, 0.15) is 13.3 Å². The predicted molar refractivity (Wildman–Crippen MR) is 72.9 cm³/mol. The fraction of sp³-hybridized carbons (Fsp3) is 0.538. The van der Waals surface area contributed by atoms with Crippen molar-refractivity contribution < 1.29 is 9.84 Å². The number of thioether (sulfide) groups is 1. The second-order valence-corrected chi connectivity index (χ2v) is 4.72. The third-order valence-electron chi connectivity index (χ3n) is 2.31. The monoisotopic (exact) mass is 255 g/mol. The first-order valence-electron chi connectivity index (χ1n) is 5.92. The van der Waals surface area contributed by atoms with Gasteiger partial charge in [-0.25, -0.2) is 0 Å². The number of benzene rings is 1. The predicted octanol–water partition coefficient (Wildman–Crippen LogP) is 2.15. The second-order valence-electron chi connectivity index (χ2n) is 3.84. The van der Waals surface area contributed by atoms with Crippen LogP contribution in [-0.4, -0.2) is 37.2 Å². The minimum absolute atomic E-state index is 0.329. The molecule has 0 bridgehead atoms. The highest BCUT2D eigenvalue weighted by molar-refractivity contribution is 7.98. The summed E-state index contributed by atoms with van der Waals surface area (Å²) in [6.07, 6.45) is 2.66. The number of hydrogen-bond acceptors (Lipinski definition) is 4. The van der Waals surface area contributed by atoms with E-state index in [1.807, 2.05) is 30.5 Å². The van der Waals surface area contributed by atoms with Crippen molar-refractivity contribution in [3.63, 3.8) is 0 Å². The van der Waals surface area contributed by atoms with Gasteiger partial charge in [0.25, 0.3) is 0 Å². The molecule has 0 fully saturated rings. The second kappa shape index (κ2) is 8.39. The Morgan fingerprint density at radius 2 is 2.06 bits per heavy atom. The molecule has 1 aromatic carbocycles. The molecule has 0 aliphatic rings. The zero-order valence-electron chi connectivity index (χ0n) is 10.5. The maximum Gasteiger partial charge on any atom is 0.119 e. The lowest BCUT2D eigenvalue weighted by Crippen LogP contribution is -2.31. The summed E-state index contributed by atoms with van der Waals surface area (Å²) in [5.41, 5.74) is 0. The lowest BCUT2D eigenvalue weighted by atomic mass is 10.3. The highest BCUT2D eigenvalue weighted by Crippen LogP contribution is 2.18. The van der Waals surface area contributed by atoms with Crippen LogP contribution in [0.5, 0.6) is 5.75 Å². The van der Waals surface area contributed by atoms with Gasteiger partial charge in [0, 0.05) is 11.4 Å². The van der Waals surface area contributed by atoms with E-state index in [1.165, 1.54) is 4.90 Å². The minimum Gasteiger partial charge on any atom is -0.491 e. The van der Waals surface area contributed by atoms with E-state index in [0.717, 1.165) is 18.7 Å². The highest BCUT2D eigenvalue weighted by atomic mass is 32.2. The fourth-order valence-electron chi connectivity index (χ4n) is 1.37. The van der Waals surface area contributed by atoms with E-state index in [2.05, 4.69) is 12.2 Å². The third-order valence-corrected chi connectivity index (χ3v) is 3.05. The van der Waals surface area contributed by atoms with Gasteiger partial charge >= 0.3 is 0 Å². The smallest absolute Gasteiger partial charge is 0.119 e. The molecule has 1 atom stereocenters. The molecule has 0 saturated heterocycles. The first-order valence-corrected chi connectivity index (χ1v) is 7.14. The largest absolute Gasteiger partial charge is 0.491 e. The molecule has 0 unspecified atom stereocenters. The Kier molecular flexibility index (Phi) is 7.08. The lowest BCUT2D eigenvalue weighted by Gasteiger charge is -2.13. The summed E-state index contributed by atoms with van der Waals surface area (Å²) in [6, 6.07) is 7.89. The highest BCUT2D eigenvalue weighted by Gasteiger charge is 2.04. The number of ether oxygens (including phenoxy) is 1. The molecule has 0 aliphatic carbocycles. The van der Waals surface area contributed by atoms with Gasteiger partial charge < -0.3 is 15.2 Å². The number of aliphatic hydroxyl groups is 1. The summed E-state index contributed by atoms with van der Waals surface area (Å²) < 4.78 is 5.50. The van der Waals surface area contributed by atoms with Crippen molar-refractivity contribution in [1.82, 2.24) is 5.32 Å². The summed E-state index contributed by atoms with van der Waals surface area (Å²) in [7, 11) is 0. The topological polar surface area (TPSA) is 41.5 Å². The van der Waals surface area contributed by atoms with Crippen molar-refractivity contribution in [2.75, 3.05) is 26.0 Å². The molecule has 1 aromatic rings. The van der Waals surface area contributed by atoms with Crippen molar-refractivity contribution in [3.05, 3.63) is 24.3 Å². The first kappa shape index (κ1) is 14.4. The van der Waals surface area contributed by atoms with Gasteiger partial charge in [0.2, 0.25) is 0 Å². The Hall–Kier alpha value is -0.710. The van der Waals surface area contributed by atoms with Crippen LogP contribution in [0.3, 0.4) is 0 Å². The third kappa shape index (κ3) is 5.96.